The van der Waals surface area contributed by atoms with Crippen molar-refractivity contribution in [2.75, 3.05) is 6.54 Å². The van der Waals surface area contributed by atoms with Gasteiger partial charge in [0, 0.05) is 6.04 Å². The van der Waals surface area contributed by atoms with Crippen LogP contribution >= 0.6 is 0 Å². The molecule has 0 heterocycles. The van der Waals surface area contributed by atoms with E-state index in [9.17, 15) is 0 Å². The SMILES string of the molecule is CCCNC(Cc1cc(C)cc(C)c1)C1CC1. The van der Waals surface area contributed by atoms with Crippen LogP contribution in [-0.4, -0.2) is 12.6 Å². The fourth-order valence-electron chi connectivity index (χ4n) is 2.67. The highest BCUT2D eigenvalue weighted by Crippen LogP contribution is 2.34. The maximum absolute atomic E-state index is 3.72. The van der Waals surface area contributed by atoms with Gasteiger partial charge in [-0.25, -0.2) is 0 Å². The molecule has 1 fully saturated rings. The van der Waals surface area contributed by atoms with Crippen molar-refractivity contribution in [3.8, 4) is 0 Å². The fraction of sp³-hybridized carbons (Fsp3) is 0.625. The number of aryl methyl sites for hydroxylation is 2. The van der Waals surface area contributed by atoms with E-state index < -0.39 is 0 Å². The molecule has 0 aliphatic heterocycles. The molecule has 0 radical (unpaired) electrons. The third-order valence-electron chi connectivity index (χ3n) is 3.58. The number of rotatable bonds is 6. The van der Waals surface area contributed by atoms with Crippen LogP contribution in [0.5, 0.6) is 0 Å². The van der Waals surface area contributed by atoms with Crippen molar-refractivity contribution in [2.45, 2.75) is 52.5 Å². The lowest BCUT2D eigenvalue weighted by molar-refractivity contribution is 0.460. The third kappa shape index (κ3) is 3.85. The highest BCUT2D eigenvalue weighted by Gasteiger charge is 2.30. The summed E-state index contributed by atoms with van der Waals surface area (Å²) in [6, 6.07) is 7.65. The Balaban J connectivity index is 2.00. The highest BCUT2D eigenvalue weighted by atomic mass is 14.9. The first-order chi connectivity index (χ1) is 8.19. The Bertz CT molecular complexity index is 346. The summed E-state index contributed by atoms with van der Waals surface area (Å²) in [5, 5.41) is 3.72. The van der Waals surface area contributed by atoms with Crippen LogP contribution in [0.3, 0.4) is 0 Å². The van der Waals surface area contributed by atoms with Crippen LogP contribution in [0, 0.1) is 19.8 Å². The zero-order chi connectivity index (χ0) is 12.3. The molecule has 1 aromatic carbocycles. The van der Waals surface area contributed by atoms with Crippen LogP contribution in [0.2, 0.25) is 0 Å². The second-order valence-electron chi connectivity index (χ2n) is 5.60. The summed E-state index contributed by atoms with van der Waals surface area (Å²) in [5.41, 5.74) is 4.29. The minimum atomic E-state index is 0.705. The third-order valence-corrected chi connectivity index (χ3v) is 3.58. The van der Waals surface area contributed by atoms with E-state index >= 15 is 0 Å². The van der Waals surface area contributed by atoms with Gasteiger partial charge in [-0.3, -0.25) is 0 Å². The molecule has 0 saturated heterocycles. The fourth-order valence-corrected chi connectivity index (χ4v) is 2.67. The molecule has 1 nitrogen and oxygen atoms in total. The van der Waals surface area contributed by atoms with Gasteiger partial charge in [0.05, 0.1) is 0 Å². The molecule has 17 heavy (non-hydrogen) atoms. The van der Waals surface area contributed by atoms with Crippen LogP contribution in [0.4, 0.5) is 0 Å². The summed E-state index contributed by atoms with van der Waals surface area (Å²) in [4.78, 5) is 0. The van der Waals surface area contributed by atoms with Crippen LogP contribution in [0.15, 0.2) is 18.2 Å². The van der Waals surface area contributed by atoms with Crippen molar-refractivity contribution in [2.24, 2.45) is 5.92 Å². The summed E-state index contributed by atoms with van der Waals surface area (Å²) in [6.07, 6.45) is 5.28. The highest BCUT2D eigenvalue weighted by molar-refractivity contribution is 5.29. The van der Waals surface area contributed by atoms with E-state index in [2.05, 4.69) is 44.3 Å². The summed E-state index contributed by atoms with van der Waals surface area (Å²) < 4.78 is 0. The molecule has 94 valence electrons. The molecular formula is C16H25N. The van der Waals surface area contributed by atoms with Gasteiger partial charge in [0.25, 0.3) is 0 Å². The summed E-state index contributed by atoms with van der Waals surface area (Å²) in [7, 11) is 0. The number of hydrogen-bond acceptors (Lipinski definition) is 1. The number of nitrogens with one attached hydrogen (secondary N) is 1. The van der Waals surface area contributed by atoms with Gasteiger partial charge >= 0.3 is 0 Å². The maximum atomic E-state index is 3.72. The molecule has 1 unspecified atom stereocenters. The Morgan fingerprint density at radius 3 is 2.35 bits per heavy atom. The van der Waals surface area contributed by atoms with Crippen LogP contribution in [0.25, 0.3) is 0 Å². The second kappa shape index (κ2) is 5.68. The van der Waals surface area contributed by atoms with E-state index in [4.69, 9.17) is 0 Å². The Morgan fingerprint density at radius 2 is 1.82 bits per heavy atom. The Hall–Kier alpha value is -0.820. The average Bonchev–Trinajstić information content (AvgIpc) is 3.06. The Morgan fingerprint density at radius 1 is 1.18 bits per heavy atom. The quantitative estimate of drug-likeness (QED) is 0.788. The first kappa shape index (κ1) is 12.6. The molecule has 1 aromatic rings. The molecule has 0 spiro atoms. The molecule has 2 rings (SSSR count). The van der Waals surface area contributed by atoms with Crippen molar-refractivity contribution in [1.82, 2.24) is 5.32 Å². The van der Waals surface area contributed by atoms with Crippen LogP contribution in [-0.2, 0) is 6.42 Å². The van der Waals surface area contributed by atoms with E-state index in [0.717, 1.165) is 12.5 Å². The lowest BCUT2D eigenvalue weighted by Crippen LogP contribution is -2.33. The van der Waals surface area contributed by atoms with Crippen LogP contribution in [0.1, 0.15) is 42.9 Å². The second-order valence-corrected chi connectivity index (χ2v) is 5.60. The smallest absolute Gasteiger partial charge is 0.0136 e. The number of benzene rings is 1. The molecule has 1 aliphatic rings. The van der Waals surface area contributed by atoms with Crippen LogP contribution < -0.4 is 5.32 Å². The monoisotopic (exact) mass is 231 g/mol. The van der Waals surface area contributed by atoms with Crippen molar-refractivity contribution >= 4 is 0 Å². The molecule has 1 N–H and O–H groups in total. The predicted molar refractivity (Wildman–Crippen MR) is 74.4 cm³/mol. The minimum absolute atomic E-state index is 0.705. The summed E-state index contributed by atoms with van der Waals surface area (Å²) in [6.45, 7) is 7.80. The normalized spacial score (nSPS) is 17.1. The number of hydrogen-bond donors (Lipinski definition) is 1. The van der Waals surface area contributed by atoms with Gasteiger partial charge in [-0.05, 0) is 57.6 Å². The Kier molecular flexibility index (Phi) is 4.22. The first-order valence-electron chi connectivity index (χ1n) is 6.99. The lowest BCUT2D eigenvalue weighted by atomic mass is 9.98. The maximum Gasteiger partial charge on any atom is 0.0136 e. The predicted octanol–water partition coefficient (Wildman–Crippen LogP) is 3.62. The van der Waals surface area contributed by atoms with Gasteiger partial charge in [0.15, 0.2) is 0 Å². The van der Waals surface area contributed by atoms with Gasteiger partial charge in [0.2, 0.25) is 0 Å². The molecule has 0 bridgehead atoms. The molecule has 0 aromatic heterocycles. The molecule has 1 heteroatoms. The summed E-state index contributed by atoms with van der Waals surface area (Å²) >= 11 is 0. The zero-order valence-electron chi connectivity index (χ0n) is 11.4. The molecule has 0 amide bonds. The first-order valence-corrected chi connectivity index (χ1v) is 6.99. The van der Waals surface area contributed by atoms with Crippen molar-refractivity contribution in [1.29, 1.82) is 0 Å². The molecule has 1 atom stereocenters. The molecular weight excluding hydrogens is 206 g/mol. The molecule has 1 saturated carbocycles. The van der Waals surface area contributed by atoms with Gasteiger partial charge in [-0.1, -0.05) is 36.2 Å². The standard InChI is InChI=1S/C16H25N/c1-4-7-17-16(15-5-6-15)11-14-9-12(2)8-13(3)10-14/h8-10,15-17H,4-7,11H2,1-3H3. The van der Waals surface area contributed by atoms with Gasteiger partial charge < -0.3 is 5.32 Å². The minimum Gasteiger partial charge on any atom is -0.313 e. The zero-order valence-corrected chi connectivity index (χ0v) is 11.4. The van der Waals surface area contributed by atoms with Gasteiger partial charge in [-0.15, -0.1) is 0 Å². The van der Waals surface area contributed by atoms with Gasteiger partial charge in [0.1, 0.15) is 0 Å². The van der Waals surface area contributed by atoms with E-state index in [0.29, 0.717) is 6.04 Å². The van der Waals surface area contributed by atoms with E-state index in [-0.39, 0.29) is 0 Å². The van der Waals surface area contributed by atoms with Crippen molar-refractivity contribution in [3.05, 3.63) is 34.9 Å². The average molecular weight is 231 g/mol. The van der Waals surface area contributed by atoms with Crippen molar-refractivity contribution in [3.63, 3.8) is 0 Å². The summed E-state index contributed by atoms with van der Waals surface area (Å²) in [5.74, 6) is 0.933. The van der Waals surface area contributed by atoms with Crippen molar-refractivity contribution < 1.29 is 0 Å². The lowest BCUT2D eigenvalue weighted by Gasteiger charge is -2.18. The van der Waals surface area contributed by atoms with Gasteiger partial charge in [-0.2, -0.15) is 0 Å². The topological polar surface area (TPSA) is 12.0 Å². The molecule has 1 aliphatic carbocycles. The Labute approximate surface area is 106 Å². The van der Waals surface area contributed by atoms with E-state index in [1.54, 1.807) is 0 Å². The van der Waals surface area contributed by atoms with E-state index in [1.807, 2.05) is 0 Å². The largest absolute Gasteiger partial charge is 0.313 e. The van der Waals surface area contributed by atoms with E-state index in [1.165, 1.54) is 42.4 Å².